The molecule has 3 aromatic heterocycles. The van der Waals surface area contributed by atoms with Crippen molar-refractivity contribution in [2.75, 3.05) is 29.5 Å². The maximum Gasteiger partial charge on any atom is 0.150 e. The lowest BCUT2D eigenvalue weighted by Gasteiger charge is -2.28. The van der Waals surface area contributed by atoms with Gasteiger partial charge in [0.25, 0.3) is 0 Å². The van der Waals surface area contributed by atoms with Gasteiger partial charge >= 0.3 is 0 Å². The summed E-state index contributed by atoms with van der Waals surface area (Å²) in [5.41, 5.74) is 7.55. The van der Waals surface area contributed by atoms with Crippen molar-refractivity contribution in [3.63, 3.8) is 0 Å². The molecule has 1 fully saturated rings. The molecule has 0 N–H and O–H groups in total. The molecule has 0 radical (unpaired) electrons. The van der Waals surface area contributed by atoms with E-state index in [0.29, 0.717) is 50.4 Å². The van der Waals surface area contributed by atoms with Crippen LogP contribution >= 0.6 is 0 Å². The van der Waals surface area contributed by atoms with Gasteiger partial charge in [-0.15, -0.1) is 0 Å². The van der Waals surface area contributed by atoms with E-state index in [1.54, 1.807) is 31.1 Å². The predicted octanol–water partition coefficient (Wildman–Crippen LogP) is 18.9. The Labute approximate surface area is 474 Å². The number of furan rings is 1. The summed E-state index contributed by atoms with van der Waals surface area (Å²) in [7, 11) is -2.68. The molecule has 2 aromatic carbocycles. The van der Waals surface area contributed by atoms with Gasteiger partial charge in [0.2, 0.25) is 0 Å². The van der Waals surface area contributed by atoms with Gasteiger partial charge in [0, 0.05) is 62.6 Å². The van der Waals surface area contributed by atoms with Crippen molar-refractivity contribution >= 4 is 15.5 Å². The molecule has 0 spiro atoms. The molecule has 9 heteroatoms. The van der Waals surface area contributed by atoms with Crippen LogP contribution in [0.3, 0.4) is 0 Å². The highest BCUT2D eigenvalue weighted by Crippen LogP contribution is 2.35. The molecule has 0 saturated carbocycles. The van der Waals surface area contributed by atoms with E-state index in [9.17, 15) is 8.42 Å². The van der Waals surface area contributed by atoms with Crippen LogP contribution in [0, 0.1) is 45.3 Å². The quantitative estimate of drug-likeness (QED) is 0.108. The van der Waals surface area contributed by atoms with E-state index in [0.717, 1.165) is 56.1 Å². The number of benzene rings is 2. The minimum Gasteiger partial charge on any atom is -0.469 e. The Morgan fingerprint density at radius 2 is 1.18 bits per heavy atom. The Morgan fingerprint density at radius 1 is 0.623 bits per heavy atom. The lowest BCUT2D eigenvalue weighted by molar-refractivity contribution is 0.268. The first kappa shape index (κ1) is 70.6. The fraction of sp³-hybridized carbons (Fsp3) is 0.647. The molecule has 0 amide bonds. The van der Waals surface area contributed by atoms with Gasteiger partial charge in [-0.2, -0.15) is 0 Å². The molecule has 1 aliphatic rings. The molecular weight excluding hydrogens is 967 g/mol. The third-order valence-electron chi connectivity index (χ3n) is 13.3. The largest absolute Gasteiger partial charge is 0.469 e. The number of sulfone groups is 1. The third-order valence-corrected chi connectivity index (χ3v) is 15.1. The summed E-state index contributed by atoms with van der Waals surface area (Å²) in [5.74, 6) is 3.90. The van der Waals surface area contributed by atoms with Crippen LogP contribution in [-0.4, -0.2) is 52.9 Å². The second-order valence-corrected chi connectivity index (χ2v) is 30.8. The van der Waals surface area contributed by atoms with Crippen LogP contribution in [0.1, 0.15) is 224 Å². The summed E-state index contributed by atoms with van der Waals surface area (Å²) in [6.45, 7) is 49.3. The van der Waals surface area contributed by atoms with Gasteiger partial charge in [0.05, 0.1) is 23.5 Å². The number of rotatable bonds is 14. The van der Waals surface area contributed by atoms with Crippen molar-refractivity contribution in [1.82, 2.24) is 19.9 Å². The first-order chi connectivity index (χ1) is 35.5. The Bertz CT molecular complexity index is 2290. The number of para-hydroxylation sites is 1. The molecule has 1 saturated heterocycles. The molecule has 0 bridgehead atoms. The fourth-order valence-electron chi connectivity index (χ4n) is 8.34. The smallest absolute Gasteiger partial charge is 0.150 e. The van der Waals surface area contributed by atoms with E-state index in [4.69, 9.17) is 4.42 Å². The molecular formula is C68H113N5O3S. The van der Waals surface area contributed by atoms with E-state index in [2.05, 4.69) is 225 Å². The number of hydrogen-bond acceptors (Lipinski definition) is 8. The lowest BCUT2D eigenvalue weighted by atomic mass is 9.81. The maximum absolute atomic E-state index is 11.1. The SMILES string of the molecule is CC(C)(C)C1CCS(=O)(=O)C1.CC(C)(C)CCCc1cnccn1.CC(C)(C)CCCc1ncccn1.CC(C)(C)Cc1ccco1.CC(CCC(C)(C)C)c1ccccc1.CCN(CCC(C)(C)C)c1ccccc1C. The number of aromatic nitrogens is 4. The van der Waals surface area contributed by atoms with Gasteiger partial charge < -0.3 is 9.32 Å². The van der Waals surface area contributed by atoms with Crippen molar-refractivity contribution in [2.24, 2.45) is 38.4 Å². The van der Waals surface area contributed by atoms with Crippen molar-refractivity contribution in [1.29, 1.82) is 0 Å². The van der Waals surface area contributed by atoms with Crippen LogP contribution in [0.5, 0.6) is 0 Å². The van der Waals surface area contributed by atoms with Crippen molar-refractivity contribution in [3.8, 4) is 0 Å². The standard InChI is InChI=1S/C15H25N.C14H22.2C11H18N2.C9H14O.C8H16O2S/c1-6-16(12-11-15(3,4)5)14-10-8-7-9-13(14)2;1-12(10-11-14(2,3)4)13-8-6-5-7-9-13;1-11(2,3)7-4-6-10-12-8-5-9-13-10;1-11(2,3)6-4-5-10-9-12-7-8-13-10;1-9(2,3)7-8-5-4-6-10-8;1-8(2,3)7-4-5-11(9,10)6-7/h7-10H,6,11-12H2,1-5H3;5-9,12H,10-11H2,1-4H3;5,8-9H,4,6-7H2,1-3H3;7-9H,4-6H2,1-3H3;4-6H,7H2,1-3H3;7H,4-6H2,1-3H3. The molecule has 6 rings (SSSR count). The first-order valence-corrected chi connectivity index (χ1v) is 30.9. The highest BCUT2D eigenvalue weighted by molar-refractivity contribution is 7.91. The molecule has 434 valence electrons. The normalized spacial score (nSPS) is 14.8. The van der Waals surface area contributed by atoms with Gasteiger partial charge in [-0.05, 0) is 151 Å². The Morgan fingerprint density at radius 3 is 1.62 bits per heavy atom. The molecule has 8 nitrogen and oxygen atoms in total. The molecule has 1 aliphatic heterocycles. The summed E-state index contributed by atoms with van der Waals surface area (Å²) in [4.78, 5) is 19.1. The van der Waals surface area contributed by atoms with E-state index in [1.807, 2.05) is 24.4 Å². The average molecular weight is 1080 g/mol. The molecule has 77 heavy (non-hydrogen) atoms. The summed E-state index contributed by atoms with van der Waals surface area (Å²) < 4.78 is 27.4. The second kappa shape index (κ2) is 33.9. The van der Waals surface area contributed by atoms with Crippen LogP contribution in [0.4, 0.5) is 5.69 Å². The first-order valence-electron chi connectivity index (χ1n) is 29.1. The molecule has 4 heterocycles. The lowest BCUT2D eigenvalue weighted by Crippen LogP contribution is -2.27. The van der Waals surface area contributed by atoms with Crippen molar-refractivity contribution in [2.45, 2.75) is 222 Å². The van der Waals surface area contributed by atoms with Crippen LogP contribution in [-0.2, 0) is 29.1 Å². The summed E-state index contributed by atoms with van der Waals surface area (Å²) in [6, 6.07) is 25.3. The van der Waals surface area contributed by atoms with Gasteiger partial charge in [0.15, 0.2) is 9.84 Å². The van der Waals surface area contributed by atoms with E-state index < -0.39 is 9.84 Å². The van der Waals surface area contributed by atoms with Gasteiger partial charge in [-0.3, -0.25) is 9.97 Å². The average Bonchev–Trinajstić information content (AvgIpc) is 3.98. The van der Waals surface area contributed by atoms with Crippen LogP contribution in [0.15, 0.2) is 114 Å². The molecule has 0 aliphatic carbocycles. The summed E-state index contributed by atoms with van der Waals surface area (Å²) >= 11 is 0. The minimum atomic E-state index is -2.68. The fourth-order valence-corrected chi connectivity index (χ4v) is 10.4. The Kier molecular flexibility index (Phi) is 31.1. The summed E-state index contributed by atoms with van der Waals surface area (Å²) in [6.07, 6.45) is 23.2. The van der Waals surface area contributed by atoms with Crippen molar-refractivity contribution < 1.29 is 12.8 Å². The second-order valence-electron chi connectivity index (χ2n) is 28.6. The van der Waals surface area contributed by atoms with Crippen LogP contribution < -0.4 is 4.90 Å². The van der Waals surface area contributed by atoms with Gasteiger partial charge in [-0.1, -0.05) is 180 Å². The maximum atomic E-state index is 11.1. The molecule has 2 atom stereocenters. The highest BCUT2D eigenvalue weighted by atomic mass is 32.2. The topological polar surface area (TPSA) is 102 Å². The summed E-state index contributed by atoms with van der Waals surface area (Å²) in [5, 5.41) is 0. The van der Waals surface area contributed by atoms with E-state index in [1.165, 1.54) is 61.8 Å². The van der Waals surface area contributed by atoms with Gasteiger partial charge in [0.1, 0.15) is 11.6 Å². The third kappa shape index (κ3) is 38.0. The zero-order valence-electron chi connectivity index (χ0n) is 53.0. The number of hydrogen-bond donors (Lipinski definition) is 0. The molecule has 5 aromatic rings. The monoisotopic (exact) mass is 1080 g/mol. The minimum absolute atomic E-state index is 0.156. The molecule has 2 unspecified atom stereocenters. The van der Waals surface area contributed by atoms with Crippen LogP contribution in [0.2, 0.25) is 0 Å². The van der Waals surface area contributed by atoms with Crippen molar-refractivity contribution in [3.05, 3.63) is 138 Å². The van der Waals surface area contributed by atoms with E-state index in [-0.39, 0.29) is 5.41 Å². The number of anilines is 1. The number of nitrogens with zero attached hydrogens (tertiary/aromatic N) is 5. The zero-order valence-corrected chi connectivity index (χ0v) is 53.8. The highest BCUT2D eigenvalue weighted by Gasteiger charge is 2.35. The Hall–Kier alpha value is -4.37. The predicted molar refractivity (Wildman–Crippen MR) is 334 cm³/mol. The van der Waals surface area contributed by atoms with Gasteiger partial charge in [-0.25, -0.2) is 18.4 Å². The van der Waals surface area contributed by atoms with Crippen LogP contribution in [0.25, 0.3) is 0 Å². The van der Waals surface area contributed by atoms with E-state index >= 15 is 0 Å². The zero-order chi connectivity index (χ0) is 58.6. The Balaban J connectivity index is 0.000000465. The number of aryl methyl sites for hydroxylation is 3.